The maximum Gasteiger partial charge on any atom is 0.350 e. The molecule has 0 N–H and O–H groups in total. The molecule has 3 nitrogen and oxygen atoms in total. The van der Waals surface area contributed by atoms with Crippen molar-refractivity contribution in [3.8, 4) is 0 Å². The van der Waals surface area contributed by atoms with E-state index in [-0.39, 0.29) is 4.90 Å². The molecule has 0 fully saturated rings. The standard InChI is InChI=1S/C15H12BrNO2S/c1-11-6-8-14(9-7-11)20(18,19)15(17-2)12-4-3-5-13(16)10-12/h3-10,15H,1H3/t15-/m1/s1. The number of sulfone groups is 1. The lowest BCUT2D eigenvalue weighted by Gasteiger charge is -2.08. The minimum atomic E-state index is -3.71. The second kappa shape index (κ2) is 5.78. The van der Waals surface area contributed by atoms with Gasteiger partial charge in [0.25, 0.3) is 9.84 Å². The molecule has 0 aromatic heterocycles. The van der Waals surface area contributed by atoms with Crippen LogP contribution in [0.25, 0.3) is 4.85 Å². The first kappa shape index (κ1) is 14.8. The lowest BCUT2D eigenvalue weighted by molar-refractivity contribution is 0.590. The van der Waals surface area contributed by atoms with Gasteiger partial charge in [-0.2, -0.15) is 0 Å². The maximum absolute atomic E-state index is 12.6. The molecule has 0 saturated carbocycles. The predicted molar refractivity (Wildman–Crippen MR) is 81.8 cm³/mol. The molecular formula is C15H12BrNO2S. The predicted octanol–water partition coefficient (Wildman–Crippen LogP) is 4.15. The van der Waals surface area contributed by atoms with Gasteiger partial charge >= 0.3 is 5.37 Å². The van der Waals surface area contributed by atoms with Crippen LogP contribution in [0.3, 0.4) is 0 Å². The molecular weight excluding hydrogens is 338 g/mol. The summed E-state index contributed by atoms with van der Waals surface area (Å²) in [6.07, 6.45) is 0. The fraction of sp³-hybridized carbons (Fsp3) is 0.133. The average molecular weight is 350 g/mol. The van der Waals surface area contributed by atoms with Crippen molar-refractivity contribution >= 4 is 25.8 Å². The summed E-state index contributed by atoms with van der Waals surface area (Å²) in [5.74, 6) is 0. The Bertz CT molecular complexity index is 761. The van der Waals surface area contributed by atoms with Gasteiger partial charge in [0.15, 0.2) is 0 Å². The summed E-state index contributed by atoms with van der Waals surface area (Å²) in [4.78, 5) is 3.48. The summed E-state index contributed by atoms with van der Waals surface area (Å²) in [6, 6.07) is 13.4. The average Bonchev–Trinajstić information content (AvgIpc) is 2.40. The molecule has 2 rings (SSSR count). The Morgan fingerprint density at radius 2 is 1.80 bits per heavy atom. The lowest BCUT2D eigenvalue weighted by atomic mass is 10.2. The normalized spacial score (nSPS) is 12.7. The Balaban J connectivity index is 2.51. The van der Waals surface area contributed by atoms with Gasteiger partial charge in [0.1, 0.15) is 0 Å². The zero-order valence-corrected chi connectivity index (χ0v) is 13.1. The van der Waals surface area contributed by atoms with E-state index in [1.165, 1.54) is 0 Å². The molecule has 0 bridgehead atoms. The molecule has 2 aromatic rings. The van der Waals surface area contributed by atoms with Gasteiger partial charge in [-0.1, -0.05) is 45.8 Å². The Morgan fingerprint density at radius 3 is 2.35 bits per heavy atom. The molecule has 102 valence electrons. The fourth-order valence-electron chi connectivity index (χ4n) is 1.84. The summed E-state index contributed by atoms with van der Waals surface area (Å²) in [5, 5.41) is -1.22. The van der Waals surface area contributed by atoms with Crippen LogP contribution in [0.2, 0.25) is 0 Å². The third kappa shape index (κ3) is 2.92. The summed E-state index contributed by atoms with van der Waals surface area (Å²) in [5.41, 5.74) is 1.45. The summed E-state index contributed by atoms with van der Waals surface area (Å²) < 4.78 is 25.9. The number of halogens is 1. The molecule has 2 aromatic carbocycles. The van der Waals surface area contributed by atoms with Gasteiger partial charge in [0, 0.05) is 4.47 Å². The SMILES string of the molecule is [C-]#[N+][C@@H](c1cccc(Br)c1)S(=O)(=O)c1ccc(C)cc1. The van der Waals surface area contributed by atoms with Crippen molar-refractivity contribution in [2.45, 2.75) is 17.2 Å². The first-order valence-electron chi connectivity index (χ1n) is 5.88. The highest BCUT2D eigenvalue weighted by atomic mass is 79.9. The van der Waals surface area contributed by atoms with Crippen LogP contribution in [-0.2, 0) is 9.84 Å². The number of aryl methyl sites for hydroxylation is 1. The number of nitrogens with zero attached hydrogens (tertiary/aromatic N) is 1. The molecule has 1 atom stereocenters. The largest absolute Gasteiger partial charge is 0.350 e. The first-order valence-corrected chi connectivity index (χ1v) is 8.21. The fourth-order valence-corrected chi connectivity index (χ4v) is 3.67. The Labute approximate surface area is 127 Å². The van der Waals surface area contributed by atoms with Gasteiger partial charge < -0.3 is 0 Å². The molecule has 0 aliphatic heterocycles. The monoisotopic (exact) mass is 349 g/mol. The zero-order chi connectivity index (χ0) is 14.8. The van der Waals surface area contributed by atoms with E-state index in [9.17, 15) is 8.42 Å². The van der Waals surface area contributed by atoms with Gasteiger partial charge in [-0.25, -0.2) is 15.0 Å². The van der Waals surface area contributed by atoms with Crippen molar-refractivity contribution in [1.82, 2.24) is 0 Å². The van der Waals surface area contributed by atoms with E-state index in [1.54, 1.807) is 48.5 Å². The lowest BCUT2D eigenvalue weighted by Crippen LogP contribution is -2.10. The van der Waals surface area contributed by atoms with Crippen LogP contribution in [0, 0.1) is 13.5 Å². The molecule has 0 saturated heterocycles. The highest BCUT2D eigenvalue weighted by molar-refractivity contribution is 9.10. The van der Waals surface area contributed by atoms with Crippen LogP contribution in [0.5, 0.6) is 0 Å². The van der Waals surface area contributed by atoms with E-state index >= 15 is 0 Å². The van der Waals surface area contributed by atoms with E-state index in [0.29, 0.717) is 5.56 Å². The minimum Gasteiger partial charge on any atom is -0.291 e. The molecule has 0 aliphatic rings. The van der Waals surface area contributed by atoms with Crippen LogP contribution in [0.4, 0.5) is 0 Å². The van der Waals surface area contributed by atoms with Crippen molar-refractivity contribution < 1.29 is 8.42 Å². The highest BCUT2D eigenvalue weighted by Crippen LogP contribution is 2.31. The van der Waals surface area contributed by atoms with Crippen LogP contribution in [0.15, 0.2) is 57.9 Å². The van der Waals surface area contributed by atoms with Gasteiger partial charge in [-0.3, -0.25) is 4.85 Å². The quantitative estimate of drug-likeness (QED) is 0.780. The van der Waals surface area contributed by atoms with Gasteiger partial charge in [0.05, 0.1) is 10.5 Å². The van der Waals surface area contributed by atoms with Gasteiger partial charge in [0.2, 0.25) is 0 Å². The van der Waals surface area contributed by atoms with E-state index in [1.807, 2.05) is 6.92 Å². The Kier molecular flexibility index (Phi) is 4.26. The summed E-state index contributed by atoms with van der Waals surface area (Å²) >= 11 is 3.29. The number of hydrogen-bond donors (Lipinski definition) is 0. The second-order valence-corrected chi connectivity index (χ2v) is 7.32. The van der Waals surface area contributed by atoms with Crippen molar-refractivity contribution in [2.75, 3.05) is 0 Å². The molecule has 0 spiro atoms. The van der Waals surface area contributed by atoms with Crippen LogP contribution in [0.1, 0.15) is 16.5 Å². The van der Waals surface area contributed by atoms with E-state index in [4.69, 9.17) is 6.57 Å². The molecule has 0 heterocycles. The molecule has 0 unspecified atom stereocenters. The van der Waals surface area contributed by atoms with Crippen LogP contribution < -0.4 is 0 Å². The smallest absolute Gasteiger partial charge is 0.291 e. The topological polar surface area (TPSA) is 38.5 Å². The molecule has 20 heavy (non-hydrogen) atoms. The third-order valence-electron chi connectivity index (χ3n) is 2.89. The molecule has 0 radical (unpaired) electrons. The first-order chi connectivity index (χ1) is 9.45. The van der Waals surface area contributed by atoms with Crippen molar-refractivity contribution in [2.24, 2.45) is 0 Å². The molecule has 5 heteroatoms. The number of rotatable bonds is 3. The summed E-state index contributed by atoms with van der Waals surface area (Å²) in [6.45, 7) is 9.13. The van der Waals surface area contributed by atoms with E-state index < -0.39 is 15.2 Å². The van der Waals surface area contributed by atoms with E-state index in [0.717, 1.165) is 10.0 Å². The zero-order valence-electron chi connectivity index (χ0n) is 10.7. The Morgan fingerprint density at radius 1 is 1.15 bits per heavy atom. The van der Waals surface area contributed by atoms with Crippen molar-refractivity contribution in [3.63, 3.8) is 0 Å². The van der Waals surface area contributed by atoms with Crippen LogP contribution in [-0.4, -0.2) is 8.42 Å². The Hall–Kier alpha value is -1.64. The van der Waals surface area contributed by atoms with Crippen molar-refractivity contribution in [3.05, 3.63) is 75.5 Å². The van der Waals surface area contributed by atoms with Crippen LogP contribution >= 0.6 is 15.9 Å². The minimum absolute atomic E-state index is 0.170. The summed E-state index contributed by atoms with van der Waals surface area (Å²) in [7, 11) is -3.71. The van der Waals surface area contributed by atoms with Gasteiger partial charge in [-0.05, 0) is 31.2 Å². The molecule has 0 amide bonds. The number of benzene rings is 2. The number of hydrogen-bond acceptors (Lipinski definition) is 2. The maximum atomic E-state index is 12.6. The third-order valence-corrected chi connectivity index (χ3v) is 5.28. The van der Waals surface area contributed by atoms with Crippen molar-refractivity contribution in [1.29, 1.82) is 0 Å². The van der Waals surface area contributed by atoms with E-state index in [2.05, 4.69) is 20.8 Å². The molecule has 0 aliphatic carbocycles. The van der Waals surface area contributed by atoms with Gasteiger partial charge in [-0.15, -0.1) is 0 Å². The highest BCUT2D eigenvalue weighted by Gasteiger charge is 2.34. The second-order valence-electron chi connectivity index (χ2n) is 4.39.